The van der Waals surface area contributed by atoms with E-state index in [1.807, 2.05) is 20.8 Å². The number of nitrogen functional groups attached to an aromatic ring is 1. The number of carbonyl (C=O) groups excluding carboxylic acids is 1. The number of carbonyl (C=O) groups is 1. The van der Waals surface area contributed by atoms with Crippen LogP contribution in [0.2, 0.25) is 0 Å². The molecule has 0 aromatic carbocycles. The lowest BCUT2D eigenvalue weighted by Crippen LogP contribution is -2.43. The summed E-state index contributed by atoms with van der Waals surface area (Å²) >= 11 is 0. The molecule has 0 radical (unpaired) electrons. The van der Waals surface area contributed by atoms with Gasteiger partial charge in [0.25, 0.3) is 0 Å². The first-order chi connectivity index (χ1) is 9.23. The van der Waals surface area contributed by atoms with E-state index in [4.69, 9.17) is 5.84 Å². The van der Waals surface area contributed by atoms with Gasteiger partial charge in [-0.05, 0) is 26.8 Å². The highest BCUT2D eigenvalue weighted by atomic mass is 16.6. The molecule has 0 atom stereocenters. The zero-order valence-corrected chi connectivity index (χ0v) is 11.6. The van der Waals surface area contributed by atoms with Crippen molar-refractivity contribution in [2.45, 2.75) is 26.3 Å². The van der Waals surface area contributed by atoms with Crippen molar-refractivity contribution in [2.24, 2.45) is 5.84 Å². The topological polar surface area (TPSA) is 135 Å². The van der Waals surface area contributed by atoms with Gasteiger partial charge >= 0.3 is 5.69 Å². The lowest BCUT2D eigenvalue weighted by molar-refractivity contribution is -0.384. The zero-order valence-electron chi connectivity index (χ0n) is 11.6. The Labute approximate surface area is 116 Å². The van der Waals surface area contributed by atoms with Crippen LogP contribution in [-0.4, -0.2) is 27.9 Å². The second-order valence-corrected chi connectivity index (χ2v) is 5.12. The molecule has 0 saturated heterocycles. The van der Waals surface area contributed by atoms with E-state index in [0.717, 1.165) is 0 Å². The number of aromatic nitrogens is 1. The number of hydrazine groups is 1. The molecule has 1 rings (SSSR count). The first kappa shape index (κ1) is 15.6. The Morgan fingerprint density at radius 2 is 2.10 bits per heavy atom. The molecule has 1 amide bonds. The molecule has 0 unspecified atom stereocenters. The van der Waals surface area contributed by atoms with Crippen LogP contribution in [-0.2, 0) is 4.79 Å². The third-order valence-corrected chi connectivity index (χ3v) is 2.15. The first-order valence-electron chi connectivity index (χ1n) is 5.90. The molecule has 9 nitrogen and oxygen atoms in total. The summed E-state index contributed by atoms with van der Waals surface area (Å²) in [5.41, 5.74) is 1.68. The fourth-order valence-corrected chi connectivity index (χ4v) is 1.44. The summed E-state index contributed by atoms with van der Waals surface area (Å²) < 4.78 is 0. The van der Waals surface area contributed by atoms with E-state index in [1.165, 1.54) is 12.1 Å². The largest absolute Gasteiger partial charge is 0.355 e. The molecule has 0 saturated carbocycles. The molecule has 20 heavy (non-hydrogen) atoms. The van der Waals surface area contributed by atoms with Gasteiger partial charge < -0.3 is 16.1 Å². The van der Waals surface area contributed by atoms with Gasteiger partial charge in [0, 0.05) is 11.6 Å². The molecular weight excluding hydrogens is 264 g/mol. The highest BCUT2D eigenvalue weighted by Gasteiger charge is 2.18. The molecule has 1 heterocycles. The van der Waals surface area contributed by atoms with Crippen LogP contribution in [0.25, 0.3) is 0 Å². The average molecular weight is 282 g/mol. The Hall–Kier alpha value is -2.42. The van der Waals surface area contributed by atoms with Crippen molar-refractivity contribution in [2.75, 3.05) is 17.3 Å². The van der Waals surface area contributed by atoms with Crippen molar-refractivity contribution in [1.29, 1.82) is 0 Å². The number of amides is 1. The van der Waals surface area contributed by atoms with Crippen LogP contribution >= 0.6 is 0 Å². The van der Waals surface area contributed by atoms with Gasteiger partial charge in [-0.25, -0.2) is 10.8 Å². The molecule has 110 valence electrons. The number of nitro groups is 1. The lowest BCUT2D eigenvalue weighted by atomic mass is 10.1. The maximum absolute atomic E-state index is 11.7. The number of nitrogens with two attached hydrogens (primary N) is 1. The van der Waals surface area contributed by atoms with Crippen molar-refractivity contribution in [3.05, 3.63) is 22.2 Å². The molecule has 0 aliphatic carbocycles. The summed E-state index contributed by atoms with van der Waals surface area (Å²) in [5.74, 6) is 5.14. The summed E-state index contributed by atoms with van der Waals surface area (Å²) in [6.45, 7) is 5.39. The highest BCUT2D eigenvalue weighted by molar-refractivity contribution is 5.81. The minimum absolute atomic E-state index is 0.0190. The Morgan fingerprint density at radius 3 is 2.60 bits per heavy atom. The minimum Gasteiger partial charge on any atom is -0.355 e. The van der Waals surface area contributed by atoms with Crippen LogP contribution in [0.4, 0.5) is 17.3 Å². The van der Waals surface area contributed by atoms with Gasteiger partial charge in [0.15, 0.2) is 0 Å². The summed E-state index contributed by atoms with van der Waals surface area (Å²) in [6.07, 6.45) is 0. The van der Waals surface area contributed by atoms with Crippen molar-refractivity contribution < 1.29 is 9.72 Å². The van der Waals surface area contributed by atoms with Crippen molar-refractivity contribution in [3.63, 3.8) is 0 Å². The SMILES string of the molecule is CC(C)(C)NC(=O)CNc1nc(NN)ccc1[N+](=O)[O-]. The second kappa shape index (κ2) is 6.15. The number of nitrogens with one attached hydrogen (secondary N) is 3. The van der Waals surface area contributed by atoms with E-state index in [9.17, 15) is 14.9 Å². The van der Waals surface area contributed by atoms with E-state index in [-0.39, 0.29) is 35.3 Å². The fraction of sp³-hybridized carbons (Fsp3) is 0.455. The van der Waals surface area contributed by atoms with E-state index in [2.05, 4.69) is 21.0 Å². The molecule has 0 fully saturated rings. The van der Waals surface area contributed by atoms with E-state index >= 15 is 0 Å². The number of hydrogen-bond acceptors (Lipinski definition) is 7. The molecule has 1 aromatic rings. The molecule has 5 N–H and O–H groups in total. The van der Waals surface area contributed by atoms with Crippen LogP contribution in [0.5, 0.6) is 0 Å². The number of anilines is 2. The summed E-state index contributed by atoms with van der Waals surface area (Å²) in [5, 5.41) is 16.2. The Bertz CT molecular complexity index is 511. The fourth-order valence-electron chi connectivity index (χ4n) is 1.44. The maximum Gasteiger partial charge on any atom is 0.311 e. The monoisotopic (exact) mass is 282 g/mol. The van der Waals surface area contributed by atoms with Gasteiger partial charge in [-0.1, -0.05) is 0 Å². The van der Waals surface area contributed by atoms with Gasteiger partial charge in [-0.2, -0.15) is 0 Å². The van der Waals surface area contributed by atoms with Crippen molar-refractivity contribution in [3.8, 4) is 0 Å². The number of rotatable bonds is 5. The maximum atomic E-state index is 11.7. The van der Waals surface area contributed by atoms with Crippen LogP contribution in [0, 0.1) is 10.1 Å². The summed E-state index contributed by atoms with van der Waals surface area (Å²) in [7, 11) is 0. The third kappa shape index (κ3) is 4.69. The number of pyridine rings is 1. The van der Waals surface area contributed by atoms with Gasteiger partial charge in [0.05, 0.1) is 11.5 Å². The predicted molar refractivity (Wildman–Crippen MR) is 75.1 cm³/mol. The van der Waals surface area contributed by atoms with Gasteiger partial charge in [-0.15, -0.1) is 0 Å². The predicted octanol–water partition coefficient (Wildman–Crippen LogP) is 0.602. The quantitative estimate of drug-likeness (QED) is 0.353. The van der Waals surface area contributed by atoms with E-state index < -0.39 is 4.92 Å². The van der Waals surface area contributed by atoms with E-state index in [1.54, 1.807) is 0 Å². The number of nitrogens with zero attached hydrogens (tertiary/aromatic N) is 2. The lowest BCUT2D eigenvalue weighted by Gasteiger charge is -2.20. The average Bonchev–Trinajstić information content (AvgIpc) is 2.33. The Morgan fingerprint density at radius 1 is 1.45 bits per heavy atom. The molecule has 0 bridgehead atoms. The van der Waals surface area contributed by atoms with Crippen LogP contribution in [0.15, 0.2) is 12.1 Å². The molecule has 0 aliphatic rings. The normalized spacial score (nSPS) is 10.8. The van der Waals surface area contributed by atoms with E-state index in [0.29, 0.717) is 0 Å². The third-order valence-electron chi connectivity index (χ3n) is 2.15. The minimum atomic E-state index is -0.586. The molecule has 0 spiro atoms. The van der Waals surface area contributed by atoms with Crippen LogP contribution in [0.3, 0.4) is 0 Å². The van der Waals surface area contributed by atoms with Gasteiger partial charge in [0.2, 0.25) is 11.7 Å². The molecule has 9 heteroatoms. The number of hydrogen-bond donors (Lipinski definition) is 4. The van der Waals surface area contributed by atoms with Crippen molar-refractivity contribution in [1.82, 2.24) is 10.3 Å². The second-order valence-electron chi connectivity index (χ2n) is 5.12. The Balaban J connectivity index is 2.80. The zero-order chi connectivity index (χ0) is 15.3. The summed E-state index contributed by atoms with van der Waals surface area (Å²) in [4.78, 5) is 25.9. The van der Waals surface area contributed by atoms with Crippen LogP contribution < -0.4 is 21.9 Å². The summed E-state index contributed by atoms with van der Waals surface area (Å²) in [6, 6.07) is 2.63. The van der Waals surface area contributed by atoms with Crippen molar-refractivity contribution >= 4 is 23.2 Å². The highest BCUT2D eigenvalue weighted by Crippen LogP contribution is 2.23. The van der Waals surface area contributed by atoms with Gasteiger partial charge in [-0.3, -0.25) is 14.9 Å². The smallest absolute Gasteiger partial charge is 0.311 e. The van der Waals surface area contributed by atoms with Gasteiger partial charge in [0.1, 0.15) is 5.82 Å². The Kier molecular flexibility index (Phi) is 4.81. The van der Waals surface area contributed by atoms with Crippen LogP contribution in [0.1, 0.15) is 20.8 Å². The molecule has 0 aliphatic heterocycles. The molecular formula is C11H18N6O3. The molecule has 1 aromatic heterocycles. The first-order valence-corrected chi connectivity index (χ1v) is 5.90. The standard InChI is InChI=1S/C11H18N6O3/c1-11(2,3)15-9(18)6-13-10-7(17(19)20)4-5-8(14-10)16-12/h4-5H,6,12H2,1-3H3,(H,15,18)(H2,13,14,16).